The predicted molar refractivity (Wildman–Crippen MR) is 73.1 cm³/mol. The molecule has 0 atom stereocenters. The number of para-hydroxylation sites is 1. The van der Waals surface area contributed by atoms with Gasteiger partial charge in [-0.15, -0.1) is 12.4 Å². The third kappa shape index (κ3) is 3.37. The number of hydrogen-bond donors (Lipinski definition) is 1. The van der Waals surface area contributed by atoms with Crippen molar-refractivity contribution < 1.29 is 4.74 Å². The summed E-state index contributed by atoms with van der Waals surface area (Å²) in [4.78, 5) is 0. The lowest BCUT2D eigenvalue weighted by Crippen LogP contribution is -2.00. The number of benzene rings is 2. The molecule has 0 heterocycles. The molecule has 17 heavy (non-hydrogen) atoms. The molecule has 0 spiro atoms. The second-order valence-electron chi connectivity index (χ2n) is 3.34. The molecule has 0 bridgehead atoms. The van der Waals surface area contributed by atoms with Crippen molar-refractivity contribution >= 4 is 24.0 Å². The zero-order valence-corrected chi connectivity index (χ0v) is 10.7. The van der Waals surface area contributed by atoms with Gasteiger partial charge in [0.15, 0.2) is 0 Å². The van der Waals surface area contributed by atoms with E-state index < -0.39 is 0 Å². The fourth-order valence-electron chi connectivity index (χ4n) is 1.45. The van der Waals surface area contributed by atoms with Gasteiger partial charge in [0.05, 0.1) is 0 Å². The van der Waals surface area contributed by atoms with E-state index in [4.69, 9.17) is 22.1 Å². The van der Waals surface area contributed by atoms with Gasteiger partial charge in [-0.3, -0.25) is 0 Å². The van der Waals surface area contributed by atoms with Crippen molar-refractivity contribution in [1.82, 2.24) is 0 Å². The molecule has 4 heteroatoms. The molecule has 0 aliphatic heterocycles. The topological polar surface area (TPSA) is 35.2 Å². The van der Waals surface area contributed by atoms with E-state index in [1.807, 2.05) is 48.5 Å². The number of hydrogen-bond acceptors (Lipinski definition) is 2. The molecule has 0 radical (unpaired) electrons. The van der Waals surface area contributed by atoms with Crippen LogP contribution in [0, 0.1) is 0 Å². The van der Waals surface area contributed by atoms with Crippen molar-refractivity contribution in [1.29, 1.82) is 0 Å². The van der Waals surface area contributed by atoms with Crippen LogP contribution in [0.3, 0.4) is 0 Å². The highest BCUT2D eigenvalue weighted by Crippen LogP contribution is 2.29. The average molecular weight is 270 g/mol. The van der Waals surface area contributed by atoms with Crippen LogP contribution in [-0.4, -0.2) is 0 Å². The molecule has 2 rings (SSSR count). The van der Waals surface area contributed by atoms with Crippen molar-refractivity contribution in [2.24, 2.45) is 5.73 Å². The highest BCUT2D eigenvalue weighted by molar-refractivity contribution is 6.31. The molecule has 0 aromatic heterocycles. The smallest absolute Gasteiger partial charge is 0.133 e. The summed E-state index contributed by atoms with van der Waals surface area (Å²) in [6, 6.07) is 15.1. The number of ether oxygens (including phenoxy) is 1. The Kier molecular flexibility index (Phi) is 5.29. The summed E-state index contributed by atoms with van der Waals surface area (Å²) in [7, 11) is 0. The number of halogens is 2. The first-order valence-electron chi connectivity index (χ1n) is 5.01. The van der Waals surface area contributed by atoms with Crippen LogP contribution in [0.25, 0.3) is 0 Å². The highest BCUT2D eigenvalue weighted by Gasteiger charge is 2.06. The number of nitrogens with two attached hydrogens (primary N) is 1. The first kappa shape index (κ1) is 13.8. The monoisotopic (exact) mass is 269 g/mol. The molecule has 2 aromatic carbocycles. The lowest BCUT2D eigenvalue weighted by molar-refractivity contribution is 0.476. The first-order chi connectivity index (χ1) is 7.81. The van der Waals surface area contributed by atoms with Crippen LogP contribution in [0.4, 0.5) is 0 Å². The predicted octanol–water partition coefficient (Wildman–Crippen LogP) is 4.01. The van der Waals surface area contributed by atoms with Crippen LogP contribution in [0.2, 0.25) is 5.02 Å². The fourth-order valence-corrected chi connectivity index (χ4v) is 1.69. The maximum absolute atomic E-state index is 6.04. The van der Waals surface area contributed by atoms with Gasteiger partial charge < -0.3 is 10.5 Å². The molecule has 0 unspecified atom stereocenters. The summed E-state index contributed by atoms with van der Waals surface area (Å²) < 4.78 is 5.72. The maximum Gasteiger partial charge on any atom is 0.133 e. The van der Waals surface area contributed by atoms with Crippen molar-refractivity contribution in [3.05, 3.63) is 59.1 Å². The molecular weight excluding hydrogens is 257 g/mol. The van der Waals surface area contributed by atoms with Gasteiger partial charge in [0.1, 0.15) is 11.5 Å². The average Bonchev–Trinajstić information content (AvgIpc) is 2.31. The molecule has 0 fully saturated rings. The third-order valence-corrected chi connectivity index (χ3v) is 2.61. The molecule has 2 N–H and O–H groups in total. The van der Waals surface area contributed by atoms with E-state index >= 15 is 0 Å². The Morgan fingerprint density at radius 1 is 1.00 bits per heavy atom. The van der Waals surface area contributed by atoms with E-state index in [0.29, 0.717) is 17.3 Å². The van der Waals surface area contributed by atoms with Gasteiger partial charge >= 0.3 is 0 Å². The Bertz CT molecular complexity index is 474. The van der Waals surface area contributed by atoms with Crippen LogP contribution in [-0.2, 0) is 6.54 Å². The first-order valence-corrected chi connectivity index (χ1v) is 5.39. The van der Waals surface area contributed by atoms with Crippen molar-refractivity contribution in [3.8, 4) is 11.5 Å². The van der Waals surface area contributed by atoms with Crippen LogP contribution in [0.15, 0.2) is 48.5 Å². The molecule has 0 saturated heterocycles. The Labute approximate surface area is 112 Å². The second-order valence-corrected chi connectivity index (χ2v) is 3.74. The third-order valence-electron chi connectivity index (χ3n) is 2.25. The summed E-state index contributed by atoms with van der Waals surface area (Å²) in [5.41, 5.74) is 6.47. The minimum atomic E-state index is 0. The van der Waals surface area contributed by atoms with Crippen LogP contribution in [0.1, 0.15) is 5.56 Å². The molecule has 0 saturated carbocycles. The van der Waals surface area contributed by atoms with Gasteiger partial charge in [0.25, 0.3) is 0 Å². The normalized spacial score (nSPS) is 9.53. The van der Waals surface area contributed by atoms with Gasteiger partial charge in [0, 0.05) is 17.1 Å². The second kappa shape index (κ2) is 6.50. The van der Waals surface area contributed by atoms with Crippen molar-refractivity contribution in [3.63, 3.8) is 0 Å². The lowest BCUT2D eigenvalue weighted by Gasteiger charge is -2.10. The van der Waals surface area contributed by atoms with Crippen LogP contribution >= 0.6 is 24.0 Å². The largest absolute Gasteiger partial charge is 0.457 e. The van der Waals surface area contributed by atoms with E-state index in [9.17, 15) is 0 Å². The zero-order chi connectivity index (χ0) is 11.4. The Morgan fingerprint density at radius 2 is 1.71 bits per heavy atom. The lowest BCUT2D eigenvalue weighted by atomic mass is 10.2. The molecule has 0 amide bonds. The van der Waals surface area contributed by atoms with Gasteiger partial charge in [-0.25, -0.2) is 0 Å². The summed E-state index contributed by atoms with van der Waals surface area (Å²) in [6.07, 6.45) is 0. The summed E-state index contributed by atoms with van der Waals surface area (Å²) in [5.74, 6) is 1.49. The van der Waals surface area contributed by atoms with Crippen molar-refractivity contribution in [2.75, 3.05) is 0 Å². The van der Waals surface area contributed by atoms with E-state index in [0.717, 1.165) is 11.3 Å². The van der Waals surface area contributed by atoms with E-state index in [1.54, 1.807) is 0 Å². The van der Waals surface area contributed by atoms with Gasteiger partial charge in [0.2, 0.25) is 0 Å². The molecule has 2 nitrogen and oxygen atoms in total. The Balaban J connectivity index is 0.00000144. The minimum Gasteiger partial charge on any atom is -0.457 e. The maximum atomic E-state index is 6.04. The summed E-state index contributed by atoms with van der Waals surface area (Å²) in [6.45, 7) is 0.363. The van der Waals surface area contributed by atoms with Crippen LogP contribution < -0.4 is 10.5 Å². The molecule has 2 aromatic rings. The van der Waals surface area contributed by atoms with Gasteiger partial charge in [-0.05, 0) is 24.3 Å². The highest BCUT2D eigenvalue weighted by atomic mass is 35.5. The minimum absolute atomic E-state index is 0. The van der Waals surface area contributed by atoms with E-state index in [-0.39, 0.29) is 12.4 Å². The Hall–Kier alpha value is -1.22. The van der Waals surface area contributed by atoms with Gasteiger partial charge in [-0.1, -0.05) is 35.9 Å². The Morgan fingerprint density at radius 3 is 2.35 bits per heavy atom. The van der Waals surface area contributed by atoms with Crippen LogP contribution in [0.5, 0.6) is 11.5 Å². The molecular formula is C13H13Cl2NO. The fraction of sp³-hybridized carbons (Fsp3) is 0.0769. The number of rotatable bonds is 3. The quantitative estimate of drug-likeness (QED) is 0.914. The van der Waals surface area contributed by atoms with Gasteiger partial charge in [-0.2, -0.15) is 0 Å². The van der Waals surface area contributed by atoms with E-state index in [2.05, 4.69) is 0 Å². The molecule has 0 aliphatic rings. The summed E-state index contributed by atoms with van der Waals surface area (Å²) >= 11 is 6.04. The SMILES string of the molecule is Cl.NCc1c(Cl)cccc1Oc1ccccc1. The zero-order valence-electron chi connectivity index (χ0n) is 9.10. The summed E-state index contributed by atoms with van der Waals surface area (Å²) in [5, 5.41) is 0.635. The van der Waals surface area contributed by atoms with E-state index in [1.165, 1.54) is 0 Å². The molecule has 90 valence electrons. The van der Waals surface area contributed by atoms with Crippen molar-refractivity contribution in [2.45, 2.75) is 6.54 Å². The standard InChI is InChI=1S/C13H12ClNO.ClH/c14-12-7-4-8-13(11(12)9-15)16-10-5-2-1-3-6-10;/h1-8H,9,15H2;1H. The molecule has 0 aliphatic carbocycles.